The molecule has 1 aromatic rings. The van der Waals surface area contributed by atoms with Crippen molar-refractivity contribution in [2.45, 2.75) is 0 Å². The van der Waals surface area contributed by atoms with Crippen molar-refractivity contribution in [3.8, 4) is 0 Å². The van der Waals surface area contributed by atoms with Gasteiger partial charge >= 0.3 is 0 Å². The maximum atomic E-state index is 11.5. The van der Waals surface area contributed by atoms with Gasteiger partial charge in [0.2, 0.25) is 0 Å². The van der Waals surface area contributed by atoms with Crippen LogP contribution in [0.5, 0.6) is 0 Å². The van der Waals surface area contributed by atoms with Crippen LogP contribution < -0.4 is 22.5 Å². The third-order valence-corrected chi connectivity index (χ3v) is 2.02. The molecule has 0 saturated carbocycles. The van der Waals surface area contributed by atoms with Crippen LogP contribution in [-0.4, -0.2) is 17.0 Å². The summed E-state index contributed by atoms with van der Waals surface area (Å²) < 4.78 is 0. The van der Waals surface area contributed by atoms with Crippen LogP contribution in [0.3, 0.4) is 0 Å². The van der Waals surface area contributed by atoms with Crippen molar-refractivity contribution < 1.29 is 9.59 Å². The molecule has 0 saturated heterocycles. The maximum absolute atomic E-state index is 11.5. The molecule has 0 fully saturated rings. The lowest BCUT2D eigenvalue weighted by molar-refractivity contribution is 0.0919. The largest absolute Gasteiger partial charge is 0.290 e. The van der Waals surface area contributed by atoms with E-state index >= 15 is 0 Å². The van der Waals surface area contributed by atoms with Gasteiger partial charge in [-0.1, -0.05) is 0 Å². The van der Waals surface area contributed by atoms with Gasteiger partial charge in [-0.25, -0.2) is 11.7 Å². The average Bonchev–Trinajstić information content (AvgIpc) is 2.37. The smallest absolute Gasteiger partial charge is 0.266 e. The third kappa shape index (κ3) is 2.92. The zero-order valence-electron chi connectivity index (χ0n) is 8.56. The van der Waals surface area contributed by atoms with Gasteiger partial charge in [-0.3, -0.25) is 20.4 Å². The van der Waals surface area contributed by atoms with E-state index in [0.29, 0.717) is 5.69 Å². The van der Waals surface area contributed by atoms with Gasteiger partial charge in [0.1, 0.15) is 0 Å². The molecule has 0 bridgehead atoms. The second-order valence-corrected chi connectivity index (χ2v) is 3.06. The standard InChI is InChI=1S/C9H9N5O2S/c10-13-8(15)6-2-1-5(12-4-17)3-7(6)9(16)14-11/h1-3H,10-11H2,(H,13,15)(H,14,16). The van der Waals surface area contributed by atoms with E-state index in [4.69, 9.17) is 11.7 Å². The summed E-state index contributed by atoms with van der Waals surface area (Å²) in [7, 11) is 0. The van der Waals surface area contributed by atoms with Crippen LogP contribution in [0, 0.1) is 0 Å². The highest BCUT2D eigenvalue weighted by molar-refractivity contribution is 7.78. The number of aliphatic imine (C=N–C) groups is 1. The van der Waals surface area contributed by atoms with Crippen molar-refractivity contribution in [2.24, 2.45) is 16.7 Å². The van der Waals surface area contributed by atoms with Crippen LogP contribution in [0.2, 0.25) is 0 Å². The highest BCUT2D eigenvalue weighted by atomic mass is 32.1. The van der Waals surface area contributed by atoms with Crippen LogP contribution in [0.1, 0.15) is 20.7 Å². The zero-order chi connectivity index (χ0) is 12.8. The molecule has 0 aliphatic carbocycles. The Hall–Kier alpha value is -2.12. The number of rotatable bonds is 3. The van der Waals surface area contributed by atoms with Crippen molar-refractivity contribution in [3.63, 3.8) is 0 Å². The van der Waals surface area contributed by atoms with Gasteiger partial charge in [-0.15, -0.1) is 0 Å². The second kappa shape index (κ2) is 5.83. The van der Waals surface area contributed by atoms with Crippen molar-refractivity contribution in [1.82, 2.24) is 10.9 Å². The van der Waals surface area contributed by atoms with Gasteiger partial charge in [0.05, 0.1) is 22.0 Å². The molecule has 1 aromatic carbocycles. The fourth-order valence-corrected chi connectivity index (χ4v) is 1.30. The highest BCUT2D eigenvalue weighted by Crippen LogP contribution is 2.18. The number of carbonyl (C=O) groups excluding carboxylic acids is 2. The molecule has 2 amide bonds. The lowest BCUT2D eigenvalue weighted by Crippen LogP contribution is -2.35. The van der Waals surface area contributed by atoms with E-state index in [0.717, 1.165) is 0 Å². The number of benzene rings is 1. The predicted octanol–water partition coefficient (Wildman–Crippen LogP) is -0.372. The number of nitrogen functional groups attached to an aromatic ring is 2. The molecule has 8 heteroatoms. The van der Waals surface area contributed by atoms with Crippen LogP contribution in [0.4, 0.5) is 5.69 Å². The summed E-state index contributed by atoms with van der Waals surface area (Å²) >= 11 is 4.44. The van der Waals surface area contributed by atoms with Gasteiger partial charge in [0, 0.05) is 0 Å². The number of nitrogens with one attached hydrogen (secondary N) is 2. The Bertz CT molecular complexity index is 510. The molecule has 7 nitrogen and oxygen atoms in total. The van der Waals surface area contributed by atoms with E-state index < -0.39 is 11.8 Å². The summed E-state index contributed by atoms with van der Waals surface area (Å²) in [6.07, 6.45) is 0. The quantitative estimate of drug-likeness (QED) is 0.192. The molecule has 0 radical (unpaired) electrons. The summed E-state index contributed by atoms with van der Waals surface area (Å²) in [6, 6.07) is 4.24. The third-order valence-electron chi connectivity index (χ3n) is 1.93. The number of isothiocyanates is 1. The second-order valence-electron chi connectivity index (χ2n) is 2.88. The van der Waals surface area contributed by atoms with Crippen LogP contribution >= 0.6 is 12.2 Å². The van der Waals surface area contributed by atoms with Gasteiger partial charge in [0.15, 0.2) is 0 Å². The molecule has 0 aliphatic heterocycles. The maximum Gasteiger partial charge on any atom is 0.266 e. The van der Waals surface area contributed by atoms with Crippen molar-refractivity contribution in [2.75, 3.05) is 0 Å². The van der Waals surface area contributed by atoms with E-state index in [2.05, 4.69) is 22.4 Å². The fourth-order valence-electron chi connectivity index (χ4n) is 1.20. The first kappa shape index (κ1) is 12.9. The minimum absolute atomic E-state index is 0.0435. The lowest BCUT2D eigenvalue weighted by atomic mass is 10.1. The Labute approximate surface area is 102 Å². The zero-order valence-corrected chi connectivity index (χ0v) is 9.38. The molecule has 0 unspecified atom stereocenters. The number of hydrogen-bond donors (Lipinski definition) is 4. The van der Waals surface area contributed by atoms with E-state index in [1.54, 1.807) is 0 Å². The van der Waals surface area contributed by atoms with Gasteiger partial charge in [-0.2, -0.15) is 4.99 Å². The number of thiocarbonyl (C=S) groups is 1. The molecular weight excluding hydrogens is 242 g/mol. The first-order valence-electron chi connectivity index (χ1n) is 4.37. The first-order chi connectivity index (χ1) is 8.13. The number of hydrogen-bond acceptors (Lipinski definition) is 6. The van der Waals surface area contributed by atoms with Gasteiger partial charge in [-0.05, 0) is 30.4 Å². The Morgan fingerprint density at radius 1 is 1.18 bits per heavy atom. The average molecular weight is 251 g/mol. The number of nitrogens with zero attached hydrogens (tertiary/aromatic N) is 1. The lowest BCUT2D eigenvalue weighted by Gasteiger charge is -2.07. The Kier molecular flexibility index (Phi) is 4.44. The highest BCUT2D eigenvalue weighted by Gasteiger charge is 2.16. The van der Waals surface area contributed by atoms with Gasteiger partial charge < -0.3 is 0 Å². The molecule has 0 aromatic heterocycles. The SMILES string of the molecule is NNC(=O)c1ccc(N=C=S)cc1C(=O)NN. The van der Waals surface area contributed by atoms with E-state index in [1.165, 1.54) is 18.2 Å². The number of carbonyl (C=O) groups is 2. The molecule has 0 heterocycles. The molecule has 6 N–H and O–H groups in total. The number of amides is 2. The number of hydrazine groups is 2. The Balaban J connectivity index is 3.35. The van der Waals surface area contributed by atoms with E-state index in [9.17, 15) is 9.59 Å². The van der Waals surface area contributed by atoms with E-state index in [1.807, 2.05) is 10.9 Å². The van der Waals surface area contributed by atoms with Crippen LogP contribution in [-0.2, 0) is 0 Å². The minimum Gasteiger partial charge on any atom is -0.290 e. The minimum atomic E-state index is -0.634. The normalized spacial score (nSPS) is 9.06. The van der Waals surface area contributed by atoms with Crippen LogP contribution in [0.15, 0.2) is 23.2 Å². The van der Waals surface area contributed by atoms with Gasteiger partial charge in [0.25, 0.3) is 11.8 Å². The molecule has 17 heavy (non-hydrogen) atoms. The predicted molar refractivity (Wildman–Crippen MR) is 64.4 cm³/mol. The summed E-state index contributed by atoms with van der Waals surface area (Å²) in [4.78, 5) is 26.6. The Morgan fingerprint density at radius 2 is 1.76 bits per heavy atom. The first-order valence-corrected chi connectivity index (χ1v) is 4.78. The van der Waals surface area contributed by atoms with Crippen molar-refractivity contribution in [3.05, 3.63) is 29.3 Å². The van der Waals surface area contributed by atoms with Crippen LogP contribution in [0.25, 0.3) is 0 Å². The summed E-state index contributed by atoms with van der Waals surface area (Å²) in [5.74, 6) is 8.76. The fraction of sp³-hybridized carbons (Fsp3) is 0. The molecule has 1 rings (SSSR count). The van der Waals surface area contributed by atoms with Crippen molar-refractivity contribution >= 4 is 34.9 Å². The van der Waals surface area contributed by atoms with Crippen molar-refractivity contribution in [1.29, 1.82) is 0 Å². The molecule has 0 spiro atoms. The molecule has 88 valence electrons. The number of nitrogens with two attached hydrogens (primary N) is 2. The molecule has 0 atom stereocenters. The molecular formula is C9H9N5O2S. The monoisotopic (exact) mass is 251 g/mol. The topological polar surface area (TPSA) is 123 Å². The summed E-state index contributed by atoms with van der Waals surface area (Å²) in [5.41, 5.74) is 4.35. The molecule has 0 aliphatic rings. The summed E-state index contributed by atoms with van der Waals surface area (Å²) in [6.45, 7) is 0. The van der Waals surface area contributed by atoms with E-state index in [-0.39, 0.29) is 11.1 Å². The summed E-state index contributed by atoms with van der Waals surface area (Å²) in [5, 5.41) is 2.15. The Morgan fingerprint density at radius 3 is 2.29 bits per heavy atom.